The van der Waals surface area contributed by atoms with Crippen molar-refractivity contribution in [3.05, 3.63) is 236 Å². The third-order valence-electron chi connectivity index (χ3n) is 20.7. The Bertz CT molecular complexity index is 5100. The highest BCUT2D eigenvalue weighted by atomic mass is 35.5. The number of hydrogen-bond donors (Lipinski definition) is 4. The molecular weight excluding hydrogens is 1340 g/mol. The van der Waals surface area contributed by atoms with Crippen LogP contribution in [-0.2, 0) is 0 Å². The maximum Gasteiger partial charge on any atom is 0.146 e. The predicted octanol–water partition coefficient (Wildman–Crippen LogP) is 26.3. The molecule has 4 N–H and O–H groups in total. The van der Waals surface area contributed by atoms with Gasteiger partial charge in [-0.05, 0) is 254 Å². The topological polar surface area (TPSA) is 80.9 Å². The summed E-state index contributed by atoms with van der Waals surface area (Å²) in [5.74, 6) is 19.5. The summed E-state index contributed by atoms with van der Waals surface area (Å²) in [5.41, 5.74) is 22.6. The molecule has 0 radical (unpaired) electrons. The molecule has 0 aliphatic carbocycles. The zero-order valence-corrected chi connectivity index (χ0v) is 63.3. The zero-order chi connectivity index (χ0) is 71.2. The van der Waals surface area contributed by atoms with Gasteiger partial charge < -0.3 is 20.4 Å². The molecule has 0 amide bonds. The maximum absolute atomic E-state index is 12.2. The second-order valence-electron chi connectivity index (χ2n) is 28.1. The van der Waals surface area contributed by atoms with Gasteiger partial charge in [0.05, 0.1) is 0 Å². The van der Waals surface area contributed by atoms with E-state index in [0.717, 1.165) is 99.1 Å². The Morgan fingerprint density at radius 3 is 0.650 bits per heavy atom. The van der Waals surface area contributed by atoms with Crippen LogP contribution in [0.15, 0.2) is 194 Å². The van der Waals surface area contributed by atoms with Crippen LogP contribution in [0.3, 0.4) is 0 Å². The number of benzene rings is 12. The molecule has 10 heteroatoms. The molecule has 0 aliphatic heterocycles. The standard InChI is InChI=1S/C90H78Cl4O4Si2/c1-53(2)99(54(3)4,55(5)6)43-41-61-21-29-65(30-22-61)77-51-85(97)89(73-39-35-69(93)47-81(73)77)87-71-37-33-67(91)45-79(71)75(49-83(87)95)63-25-17-59(18-26-63)15-13-14-16-60-19-27-64(28-20-60)76-50-84(96)88(72-38-34-68(92)46-80(72)76)90-74-40-36-70(94)48-82(74)78(52-86(90)98)66-31-23-62(24-32-66)42-44-100(56(7)8,57(9)10)58(11)12/h17-40,45-58,95-98H,1-12H3. The van der Waals surface area contributed by atoms with Crippen molar-refractivity contribution in [2.45, 2.75) is 116 Å². The Balaban J connectivity index is 0.800. The van der Waals surface area contributed by atoms with Crippen LogP contribution in [0.2, 0.25) is 53.3 Å². The molecule has 0 aromatic heterocycles. The fourth-order valence-electron chi connectivity index (χ4n) is 15.9. The Labute approximate surface area is 610 Å². The third-order valence-corrected chi connectivity index (χ3v) is 34.2. The fourth-order valence-corrected chi connectivity index (χ4v) is 27.0. The largest absolute Gasteiger partial charge is 0.507 e. The van der Waals surface area contributed by atoms with E-state index in [4.69, 9.17) is 46.4 Å². The van der Waals surface area contributed by atoms with Gasteiger partial charge in [0.15, 0.2) is 0 Å². The Hall–Kier alpha value is -9.29. The first kappa shape index (κ1) is 70.6. The molecule has 0 spiro atoms. The first-order valence-corrected chi connectivity index (χ1v) is 40.1. The molecule has 0 saturated carbocycles. The average Bonchev–Trinajstić information content (AvgIpc) is 0.738. The van der Waals surface area contributed by atoms with Crippen molar-refractivity contribution < 1.29 is 20.4 Å². The highest BCUT2D eigenvalue weighted by Crippen LogP contribution is 2.53. The van der Waals surface area contributed by atoms with Crippen molar-refractivity contribution in [1.29, 1.82) is 0 Å². The van der Waals surface area contributed by atoms with Gasteiger partial charge in [0, 0.05) is 64.6 Å². The van der Waals surface area contributed by atoms with E-state index in [2.05, 4.69) is 154 Å². The molecule has 0 aliphatic rings. The van der Waals surface area contributed by atoms with E-state index < -0.39 is 16.1 Å². The van der Waals surface area contributed by atoms with Crippen molar-refractivity contribution in [2.24, 2.45) is 0 Å². The molecule has 12 aromatic carbocycles. The van der Waals surface area contributed by atoms with E-state index in [1.165, 1.54) is 0 Å². The van der Waals surface area contributed by atoms with Gasteiger partial charge in [0.1, 0.15) is 39.1 Å². The predicted molar refractivity (Wildman–Crippen MR) is 432 cm³/mol. The molecule has 0 saturated heterocycles. The van der Waals surface area contributed by atoms with Crippen LogP contribution in [-0.4, -0.2) is 36.6 Å². The second kappa shape index (κ2) is 28.7. The molecule has 498 valence electrons. The summed E-state index contributed by atoms with van der Waals surface area (Å²) < 4.78 is 0. The molecule has 0 fully saturated rings. The lowest BCUT2D eigenvalue weighted by Gasteiger charge is -2.38. The first-order chi connectivity index (χ1) is 47.8. The lowest BCUT2D eigenvalue weighted by atomic mass is 9.86. The number of phenols is 4. The molecule has 0 heterocycles. The van der Waals surface area contributed by atoms with E-state index in [1.54, 1.807) is 48.5 Å². The number of aromatic hydroxyl groups is 4. The molecule has 100 heavy (non-hydrogen) atoms. The van der Waals surface area contributed by atoms with Crippen molar-refractivity contribution in [2.75, 3.05) is 0 Å². The van der Waals surface area contributed by atoms with Crippen LogP contribution in [0.5, 0.6) is 23.0 Å². The smallest absolute Gasteiger partial charge is 0.146 e. The van der Waals surface area contributed by atoms with Gasteiger partial charge in [0.2, 0.25) is 0 Å². The summed E-state index contributed by atoms with van der Waals surface area (Å²) in [6.45, 7) is 27.8. The average molecular weight is 1420 g/mol. The lowest BCUT2D eigenvalue weighted by Crippen LogP contribution is -2.43. The molecule has 12 rings (SSSR count). The Morgan fingerprint density at radius 1 is 0.250 bits per heavy atom. The number of rotatable bonds is 12. The number of fused-ring (bicyclic) bond motifs is 4. The van der Waals surface area contributed by atoms with Crippen molar-refractivity contribution >= 4 is 106 Å². The van der Waals surface area contributed by atoms with Crippen LogP contribution in [0.4, 0.5) is 0 Å². The fraction of sp³-hybridized carbons (Fsp3) is 0.200. The van der Waals surface area contributed by atoms with Gasteiger partial charge in [0.25, 0.3) is 0 Å². The molecule has 0 unspecified atom stereocenters. The number of phenolic OH excluding ortho intramolecular Hbond substituents is 4. The van der Waals surface area contributed by atoms with Gasteiger partial charge >= 0.3 is 0 Å². The summed E-state index contributed by atoms with van der Waals surface area (Å²) >= 11 is 27.0. The quantitative estimate of drug-likeness (QED) is 0.0726. The van der Waals surface area contributed by atoms with Gasteiger partial charge in [-0.2, -0.15) is 0 Å². The summed E-state index contributed by atoms with van der Waals surface area (Å²) in [6, 6.07) is 61.2. The molecule has 12 aromatic rings. The van der Waals surface area contributed by atoms with E-state index in [1.807, 2.05) is 121 Å². The normalized spacial score (nSPS) is 11.8. The van der Waals surface area contributed by atoms with Gasteiger partial charge in [-0.3, -0.25) is 0 Å². The summed E-state index contributed by atoms with van der Waals surface area (Å²) in [7, 11) is -3.88. The van der Waals surface area contributed by atoms with Crippen molar-refractivity contribution in [3.8, 4) is 136 Å². The minimum Gasteiger partial charge on any atom is -0.507 e. The van der Waals surface area contributed by atoms with E-state index in [0.29, 0.717) is 86.4 Å². The third kappa shape index (κ3) is 13.4. The molecular formula is C90H78Cl4O4Si2. The van der Waals surface area contributed by atoms with E-state index in [-0.39, 0.29) is 23.0 Å². The number of halogens is 4. The van der Waals surface area contributed by atoms with Crippen LogP contribution < -0.4 is 0 Å². The summed E-state index contributed by atoms with van der Waals surface area (Å²) in [4.78, 5) is 0. The maximum atomic E-state index is 12.2. The van der Waals surface area contributed by atoms with Crippen LogP contribution in [0.25, 0.3) is 110 Å². The number of hydrogen-bond acceptors (Lipinski definition) is 4. The van der Waals surface area contributed by atoms with Crippen LogP contribution in [0, 0.1) is 46.6 Å². The minimum absolute atomic E-state index is 0.00430. The van der Waals surface area contributed by atoms with Crippen LogP contribution in [0.1, 0.15) is 105 Å². The monoisotopic (exact) mass is 1420 g/mol. The zero-order valence-electron chi connectivity index (χ0n) is 58.2. The minimum atomic E-state index is -1.94. The highest BCUT2D eigenvalue weighted by Gasteiger charge is 2.43. The highest BCUT2D eigenvalue weighted by molar-refractivity contribution is 6.91. The lowest BCUT2D eigenvalue weighted by molar-refractivity contribution is 0.470. The molecule has 0 atom stereocenters. The van der Waals surface area contributed by atoms with Crippen molar-refractivity contribution in [3.63, 3.8) is 0 Å². The molecule has 0 bridgehead atoms. The van der Waals surface area contributed by atoms with Gasteiger partial charge in [-0.15, -0.1) is 11.1 Å². The van der Waals surface area contributed by atoms with Crippen LogP contribution >= 0.6 is 46.4 Å². The van der Waals surface area contributed by atoms with Gasteiger partial charge in [-0.25, -0.2) is 0 Å². The molecule has 4 nitrogen and oxygen atoms in total. The summed E-state index contributed by atoms with van der Waals surface area (Å²) in [6.07, 6.45) is 0. The van der Waals surface area contributed by atoms with E-state index >= 15 is 0 Å². The van der Waals surface area contributed by atoms with E-state index in [9.17, 15) is 20.4 Å². The Morgan fingerprint density at radius 2 is 0.450 bits per heavy atom. The summed E-state index contributed by atoms with van der Waals surface area (Å²) in [5, 5.41) is 56.9. The second-order valence-corrected chi connectivity index (χ2v) is 41.0. The Kier molecular flexibility index (Phi) is 20.3. The van der Waals surface area contributed by atoms with Gasteiger partial charge in [-0.1, -0.05) is 226 Å². The first-order valence-electron chi connectivity index (χ1n) is 34.1. The SMILES string of the molecule is CC(C)[Si](C#Cc1ccc(-c2cc(O)c(-c3c(O)cc(-c4ccc(C#CC#Cc5ccc(-c6cc(O)c(-c7c(O)cc(-c8ccc(C#C[Si](C(C)C)(C(C)C)C(C)C)cc8)c8cc(Cl)ccc78)c7ccc(Cl)cc67)cc5)cc4)c4cc(Cl)ccc34)c3ccc(Cl)cc23)cc1)(C(C)C)C(C)C. The van der Waals surface area contributed by atoms with Crippen molar-refractivity contribution in [1.82, 2.24) is 0 Å².